The highest BCUT2D eigenvalue weighted by Gasteiger charge is 2.14. The Hall–Kier alpha value is -4.24. The van der Waals surface area contributed by atoms with Crippen molar-refractivity contribution in [2.24, 2.45) is 0 Å². The lowest BCUT2D eigenvalue weighted by atomic mass is 10.2. The van der Waals surface area contributed by atoms with Gasteiger partial charge in [-0.05, 0) is 48.0 Å². The molecule has 2 N–H and O–H groups in total. The number of amides is 1. The fourth-order valence-electron chi connectivity index (χ4n) is 2.94. The third-order valence-corrected chi connectivity index (χ3v) is 4.72. The number of carbonyl (C=O) groups excluding carboxylic acids is 1. The molecule has 0 saturated carbocycles. The van der Waals surface area contributed by atoms with E-state index in [1.165, 1.54) is 11.5 Å². The molecule has 0 atom stereocenters. The van der Waals surface area contributed by atoms with Crippen LogP contribution in [-0.4, -0.2) is 25.7 Å². The van der Waals surface area contributed by atoms with Crippen LogP contribution in [0, 0.1) is 0 Å². The smallest absolute Gasteiger partial charge is 0.298 e. The SMILES string of the molecule is CC(=O)Nc1nnc(Nc2ccc(Oc3ccccn3)cc2)n(Cc2ccc(Cl)cc2)c1=O. The molecule has 33 heavy (non-hydrogen) atoms. The maximum atomic E-state index is 13.0. The Labute approximate surface area is 194 Å². The number of aromatic nitrogens is 4. The molecule has 0 bridgehead atoms. The van der Waals surface area contributed by atoms with Crippen LogP contribution < -0.4 is 20.9 Å². The summed E-state index contributed by atoms with van der Waals surface area (Å²) in [7, 11) is 0. The van der Waals surface area contributed by atoms with E-state index in [9.17, 15) is 9.59 Å². The quantitative estimate of drug-likeness (QED) is 0.422. The predicted octanol–water partition coefficient (Wildman–Crippen LogP) is 4.23. The molecule has 0 saturated heterocycles. The summed E-state index contributed by atoms with van der Waals surface area (Å²) in [6.45, 7) is 1.49. The molecule has 2 aromatic heterocycles. The number of hydrogen-bond acceptors (Lipinski definition) is 7. The van der Waals surface area contributed by atoms with Crippen molar-refractivity contribution in [2.45, 2.75) is 13.5 Å². The maximum absolute atomic E-state index is 13.0. The molecule has 9 nitrogen and oxygen atoms in total. The van der Waals surface area contributed by atoms with E-state index in [1.54, 1.807) is 60.8 Å². The van der Waals surface area contributed by atoms with Crippen LogP contribution in [0.15, 0.2) is 77.7 Å². The minimum absolute atomic E-state index is 0.152. The number of carbonyl (C=O) groups is 1. The van der Waals surface area contributed by atoms with Gasteiger partial charge in [-0.25, -0.2) is 4.98 Å². The molecular formula is C23H19ClN6O3. The fourth-order valence-corrected chi connectivity index (χ4v) is 3.06. The van der Waals surface area contributed by atoms with E-state index >= 15 is 0 Å². The van der Waals surface area contributed by atoms with Gasteiger partial charge in [0.2, 0.25) is 23.6 Å². The van der Waals surface area contributed by atoms with E-state index in [0.717, 1.165) is 5.56 Å². The van der Waals surface area contributed by atoms with E-state index in [4.69, 9.17) is 16.3 Å². The Balaban J connectivity index is 1.60. The first-order valence-electron chi connectivity index (χ1n) is 9.93. The van der Waals surface area contributed by atoms with Gasteiger partial charge in [-0.3, -0.25) is 14.2 Å². The van der Waals surface area contributed by atoms with E-state index in [2.05, 4.69) is 25.8 Å². The molecule has 166 valence electrons. The summed E-state index contributed by atoms with van der Waals surface area (Å²) in [6.07, 6.45) is 1.65. The number of hydrogen-bond donors (Lipinski definition) is 2. The Morgan fingerprint density at radius 2 is 1.79 bits per heavy atom. The molecule has 0 unspecified atom stereocenters. The van der Waals surface area contributed by atoms with Gasteiger partial charge >= 0.3 is 0 Å². The molecular weight excluding hydrogens is 444 g/mol. The largest absolute Gasteiger partial charge is 0.439 e. The molecule has 0 aliphatic carbocycles. The van der Waals surface area contributed by atoms with Gasteiger partial charge in [0.1, 0.15) is 5.75 Å². The van der Waals surface area contributed by atoms with Crippen LogP contribution in [0.5, 0.6) is 11.6 Å². The summed E-state index contributed by atoms with van der Waals surface area (Å²) >= 11 is 5.97. The summed E-state index contributed by atoms with van der Waals surface area (Å²) in [5.41, 5.74) is 0.993. The van der Waals surface area contributed by atoms with Crippen molar-refractivity contribution in [3.05, 3.63) is 93.9 Å². The second kappa shape index (κ2) is 9.92. The van der Waals surface area contributed by atoms with Crippen LogP contribution in [0.3, 0.4) is 0 Å². The highest BCUT2D eigenvalue weighted by atomic mass is 35.5. The first-order valence-corrected chi connectivity index (χ1v) is 10.3. The average Bonchev–Trinajstić information content (AvgIpc) is 2.81. The van der Waals surface area contributed by atoms with Crippen molar-refractivity contribution in [1.29, 1.82) is 0 Å². The number of ether oxygens (including phenoxy) is 1. The van der Waals surface area contributed by atoms with Crippen LogP contribution >= 0.6 is 11.6 Å². The topological polar surface area (TPSA) is 111 Å². The van der Waals surface area contributed by atoms with E-state index in [0.29, 0.717) is 22.3 Å². The number of rotatable bonds is 7. The molecule has 4 rings (SSSR count). The number of benzene rings is 2. The normalized spacial score (nSPS) is 10.5. The summed E-state index contributed by atoms with van der Waals surface area (Å²) in [6, 6.07) is 19.6. The highest BCUT2D eigenvalue weighted by Crippen LogP contribution is 2.23. The summed E-state index contributed by atoms with van der Waals surface area (Å²) < 4.78 is 7.08. The molecule has 2 heterocycles. The lowest BCUT2D eigenvalue weighted by Gasteiger charge is -2.14. The number of pyridine rings is 1. The Morgan fingerprint density at radius 1 is 1.03 bits per heavy atom. The van der Waals surface area contributed by atoms with Gasteiger partial charge in [-0.2, -0.15) is 0 Å². The molecule has 1 amide bonds. The van der Waals surface area contributed by atoms with Crippen molar-refractivity contribution in [3.63, 3.8) is 0 Å². The third kappa shape index (κ3) is 5.72. The molecule has 4 aromatic rings. The standard InChI is InChI=1S/C23H19ClN6O3/c1-15(31)26-21-22(32)30(14-16-5-7-17(24)8-6-16)23(29-28-21)27-18-9-11-19(12-10-18)33-20-4-2-3-13-25-20/h2-13H,14H2,1H3,(H,27,29)(H,26,28,31). The fraction of sp³-hybridized carbons (Fsp3) is 0.0870. The lowest BCUT2D eigenvalue weighted by molar-refractivity contribution is -0.114. The summed E-state index contributed by atoms with van der Waals surface area (Å²) in [4.78, 5) is 28.6. The van der Waals surface area contributed by atoms with Crippen molar-refractivity contribution < 1.29 is 9.53 Å². The zero-order chi connectivity index (χ0) is 23.2. The molecule has 2 aromatic carbocycles. The van der Waals surface area contributed by atoms with Gasteiger partial charge in [0.15, 0.2) is 0 Å². The molecule has 0 aliphatic heterocycles. The molecule has 0 aliphatic rings. The third-order valence-electron chi connectivity index (χ3n) is 4.47. The Morgan fingerprint density at radius 3 is 2.45 bits per heavy atom. The van der Waals surface area contributed by atoms with Crippen LogP contribution in [0.2, 0.25) is 5.02 Å². The van der Waals surface area contributed by atoms with Crippen LogP contribution in [0.1, 0.15) is 12.5 Å². The number of anilines is 3. The second-order valence-electron chi connectivity index (χ2n) is 6.99. The number of nitrogens with zero attached hydrogens (tertiary/aromatic N) is 4. The van der Waals surface area contributed by atoms with Crippen molar-refractivity contribution >= 4 is 35.0 Å². The van der Waals surface area contributed by atoms with E-state index in [1.807, 2.05) is 12.1 Å². The monoisotopic (exact) mass is 462 g/mol. The van der Waals surface area contributed by atoms with Crippen molar-refractivity contribution in [2.75, 3.05) is 10.6 Å². The zero-order valence-corrected chi connectivity index (χ0v) is 18.3. The van der Waals surface area contributed by atoms with Crippen molar-refractivity contribution in [3.8, 4) is 11.6 Å². The first kappa shape index (κ1) is 22.0. The van der Waals surface area contributed by atoms with Gasteiger partial charge in [-0.1, -0.05) is 29.8 Å². The number of nitrogens with one attached hydrogen (secondary N) is 2. The van der Waals surface area contributed by atoms with Gasteiger partial charge in [0.25, 0.3) is 5.56 Å². The van der Waals surface area contributed by atoms with Crippen LogP contribution in [-0.2, 0) is 11.3 Å². The van der Waals surface area contributed by atoms with E-state index in [-0.39, 0.29) is 18.3 Å². The number of halogens is 1. The maximum Gasteiger partial charge on any atom is 0.298 e. The van der Waals surface area contributed by atoms with Gasteiger partial charge in [-0.15, -0.1) is 10.2 Å². The van der Waals surface area contributed by atoms with Gasteiger partial charge in [0.05, 0.1) is 6.54 Å². The summed E-state index contributed by atoms with van der Waals surface area (Å²) in [5, 5.41) is 14.1. The molecule has 10 heteroatoms. The van der Waals surface area contributed by atoms with Crippen LogP contribution in [0.4, 0.5) is 17.5 Å². The second-order valence-corrected chi connectivity index (χ2v) is 7.43. The lowest BCUT2D eigenvalue weighted by Crippen LogP contribution is -2.29. The first-order chi connectivity index (χ1) is 16.0. The Kier molecular flexibility index (Phi) is 6.61. The molecule has 0 spiro atoms. The van der Waals surface area contributed by atoms with Crippen LogP contribution in [0.25, 0.3) is 0 Å². The zero-order valence-electron chi connectivity index (χ0n) is 17.5. The minimum Gasteiger partial charge on any atom is -0.439 e. The predicted molar refractivity (Wildman–Crippen MR) is 125 cm³/mol. The minimum atomic E-state index is -0.493. The van der Waals surface area contributed by atoms with E-state index < -0.39 is 11.5 Å². The average molecular weight is 463 g/mol. The molecule has 0 fully saturated rings. The van der Waals surface area contributed by atoms with Gasteiger partial charge < -0.3 is 15.4 Å². The van der Waals surface area contributed by atoms with Gasteiger partial charge in [0, 0.05) is 29.9 Å². The highest BCUT2D eigenvalue weighted by molar-refractivity contribution is 6.30. The Bertz CT molecular complexity index is 1310. The molecule has 0 radical (unpaired) electrons. The van der Waals surface area contributed by atoms with Crippen molar-refractivity contribution in [1.82, 2.24) is 19.7 Å². The summed E-state index contributed by atoms with van der Waals surface area (Å²) in [5.74, 6) is 0.728.